The summed E-state index contributed by atoms with van der Waals surface area (Å²) < 4.78 is 0. The van der Waals surface area contributed by atoms with Gasteiger partial charge in [-0.15, -0.1) is 0 Å². The minimum atomic E-state index is -0.378. The van der Waals surface area contributed by atoms with E-state index in [4.69, 9.17) is 16.7 Å². The van der Waals surface area contributed by atoms with Crippen molar-refractivity contribution in [1.82, 2.24) is 9.97 Å². The summed E-state index contributed by atoms with van der Waals surface area (Å²) >= 11 is 5.69. The summed E-state index contributed by atoms with van der Waals surface area (Å²) in [5, 5.41) is 8.70. The van der Waals surface area contributed by atoms with E-state index in [0.717, 1.165) is 0 Å². The van der Waals surface area contributed by atoms with Gasteiger partial charge in [-0.05, 0) is 0 Å². The lowest BCUT2D eigenvalue weighted by Gasteiger charge is -2.16. The van der Waals surface area contributed by atoms with Crippen LogP contribution in [0.1, 0.15) is 0 Å². The van der Waals surface area contributed by atoms with Gasteiger partial charge in [0.1, 0.15) is 5.02 Å². The molecule has 0 spiro atoms. The quantitative estimate of drug-likeness (QED) is 0.717. The normalized spacial score (nSPS) is 10.1. The molecule has 0 aliphatic heterocycles. The molecule has 0 atom stereocenters. The molecule has 1 aromatic rings. The summed E-state index contributed by atoms with van der Waals surface area (Å²) in [7, 11) is 1.70. The van der Waals surface area contributed by atoms with E-state index in [9.17, 15) is 4.79 Å². The van der Waals surface area contributed by atoms with Gasteiger partial charge in [0, 0.05) is 13.6 Å². The van der Waals surface area contributed by atoms with Gasteiger partial charge in [-0.25, -0.2) is 4.98 Å². The van der Waals surface area contributed by atoms with Gasteiger partial charge in [-0.2, -0.15) is 0 Å². The standard InChI is InChI=1S/C7H10ClN3O2/c1-11(2-3-12)6-5(8)7(13)10-4-9-6/h4,12H,2-3H2,1H3,(H,9,10,13). The van der Waals surface area contributed by atoms with Crippen molar-refractivity contribution in [1.29, 1.82) is 0 Å². The fourth-order valence-corrected chi connectivity index (χ4v) is 1.14. The highest BCUT2D eigenvalue weighted by molar-refractivity contribution is 6.32. The predicted molar refractivity (Wildman–Crippen MR) is 50.2 cm³/mol. The molecule has 1 rings (SSSR count). The third-order valence-electron chi connectivity index (χ3n) is 1.58. The maximum Gasteiger partial charge on any atom is 0.271 e. The van der Waals surface area contributed by atoms with Crippen LogP contribution in [0.3, 0.4) is 0 Å². The van der Waals surface area contributed by atoms with Crippen LogP contribution in [0.5, 0.6) is 0 Å². The Morgan fingerprint density at radius 1 is 1.77 bits per heavy atom. The average molecular weight is 204 g/mol. The summed E-state index contributed by atoms with van der Waals surface area (Å²) in [5.41, 5.74) is -0.378. The van der Waals surface area contributed by atoms with Gasteiger partial charge in [-0.1, -0.05) is 11.6 Å². The number of nitrogens with zero attached hydrogens (tertiary/aromatic N) is 2. The molecule has 5 nitrogen and oxygen atoms in total. The van der Waals surface area contributed by atoms with Gasteiger partial charge >= 0.3 is 0 Å². The fourth-order valence-electron chi connectivity index (χ4n) is 0.896. The first kappa shape index (κ1) is 10.0. The topological polar surface area (TPSA) is 69.2 Å². The number of H-pyrrole nitrogens is 1. The van der Waals surface area contributed by atoms with Crippen LogP contribution < -0.4 is 10.5 Å². The van der Waals surface area contributed by atoms with E-state index >= 15 is 0 Å². The van der Waals surface area contributed by atoms with Gasteiger partial charge in [0.2, 0.25) is 0 Å². The Bertz CT molecular complexity index is 339. The van der Waals surface area contributed by atoms with Crippen LogP contribution in [0.25, 0.3) is 0 Å². The van der Waals surface area contributed by atoms with Crippen LogP contribution in [0, 0.1) is 0 Å². The molecule has 1 aromatic heterocycles. The molecule has 0 aliphatic carbocycles. The maximum atomic E-state index is 11.0. The third kappa shape index (κ3) is 2.19. The summed E-state index contributed by atoms with van der Waals surface area (Å²) in [6.07, 6.45) is 1.28. The molecule has 0 aliphatic rings. The Balaban J connectivity index is 3.00. The minimum Gasteiger partial charge on any atom is -0.395 e. The second-order valence-electron chi connectivity index (χ2n) is 2.51. The smallest absolute Gasteiger partial charge is 0.271 e. The number of likely N-dealkylation sites (N-methyl/N-ethyl adjacent to an activating group) is 1. The van der Waals surface area contributed by atoms with E-state index in [-0.39, 0.29) is 17.2 Å². The zero-order valence-corrected chi connectivity index (χ0v) is 7.88. The summed E-state index contributed by atoms with van der Waals surface area (Å²) in [6.45, 7) is 0.373. The number of aromatic nitrogens is 2. The van der Waals surface area contributed by atoms with E-state index in [1.807, 2.05) is 0 Å². The van der Waals surface area contributed by atoms with Gasteiger partial charge in [0.05, 0.1) is 12.9 Å². The monoisotopic (exact) mass is 203 g/mol. The molecule has 6 heteroatoms. The average Bonchev–Trinajstić information content (AvgIpc) is 2.10. The van der Waals surface area contributed by atoms with Crippen molar-refractivity contribution in [2.45, 2.75) is 0 Å². The van der Waals surface area contributed by atoms with Gasteiger partial charge in [0.25, 0.3) is 5.56 Å². The summed E-state index contributed by atoms with van der Waals surface area (Å²) in [4.78, 5) is 18.9. The molecule has 0 bridgehead atoms. The van der Waals surface area contributed by atoms with E-state index in [1.165, 1.54) is 6.33 Å². The van der Waals surface area contributed by atoms with Crippen LogP contribution in [0.2, 0.25) is 5.02 Å². The van der Waals surface area contributed by atoms with Crippen molar-refractivity contribution in [2.75, 3.05) is 25.1 Å². The molecule has 72 valence electrons. The highest BCUT2D eigenvalue weighted by Crippen LogP contribution is 2.15. The molecule has 0 saturated heterocycles. The highest BCUT2D eigenvalue weighted by Gasteiger charge is 2.09. The SMILES string of the molecule is CN(CCO)c1nc[nH]c(=O)c1Cl. The number of aliphatic hydroxyl groups excluding tert-OH is 1. The molecule has 0 amide bonds. The number of rotatable bonds is 3. The number of hydrogen-bond acceptors (Lipinski definition) is 4. The number of nitrogens with one attached hydrogen (secondary N) is 1. The van der Waals surface area contributed by atoms with Crippen molar-refractivity contribution >= 4 is 17.4 Å². The van der Waals surface area contributed by atoms with Crippen LogP contribution in [0.4, 0.5) is 5.82 Å². The lowest BCUT2D eigenvalue weighted by Crippen LogP contribution is -2.25. The molecule has 0 fully saturated rings. The second-order valence-corrected chi connectivity index (χ2v) is 2.89. The van der Waals surface area contributed by atoms with Crippen molar-refractivity contribution in [2.24, 2.45) is 0 Å². The number of aromatic amines is 1. The largest absolute Gasteiger partial charge is 0.395 e. The van der Waals surface area contributed by atoms with Crippen LogP contribution >= 0.6 is 11.6 Å². The Morgan fingerprint density at radius 2 is 2.46 bits per heavy atom. The lowest BCUT2D eigenvalue weighted by molar-refractivity contribution is 0.304. The fraction of sp³-hybridized carbons (Fsp3) is 0.429. The Kier molecular flexibility index (Phi) is 3.27. The first-order chi connectivity index (χ1) is 6.16. The van der Waals surface area contributed by atoms with E-state index < -0.39 is 0 Å². The van der Waals surface area contributed by atoms with Crippen molar-refractivity contribution in [3.05, 3.63) is 21.7 Å². The molecule has 13 heavy (non-hydrogen) atoms. The van der Waals surface area contributed by atoms with Gasteiger partial charge < -0.3 is 15.0 Å². The number of halogens is 1. The van der Waals surface area contributed by atoms with Crippen LogP contribution in [-0.4, -0.2) is 35.3 Å². The van der Waals surface area contributed by atoms with Gasteiger partial charge in [0.15, 0.2) is 5.82 Å². The summed E-state index contributed by atoms with van der Waals surface area (Å²) in [5.74, 6) is 0.375. The molecule has 2 N–H and O–H groups in total. The molecule has 0 aromatic carbocycles. The molecular weight excluding hydrogens is 194 g/mol. The van der Waals surface area contributed by atoms with Crippen LogP contribution in [0.15, 0.2) is 11.1 Å². The first-order valence-corrected chi connectivity index (χ1v) is 4.09. The Hall–Kier alpha value is -1.07. The molecule has 0 radical (unpaired) electrons. The predicted octanol–water partition coefficient (Wildman–Crippen LogP) is -0.148. The zero-order valence-electron chi connectivity index (χ0n) is 7.12. The number of anilines is 1. The molecule has 0 unspecified atom stereocenters. The second kappa shape index (κ2) is 4.25. The van der Waals surface area contributed by atoms with E-state index in [2.05, 4.69) is 9.97 Å². The van der Waals surface area contributed by atoms with E-state index in [1.54, 1.807) is 11.9 Å². The van der Waals surface area contributed by atoms with E-state index in [0.29, 0.717) is 12.4 Å². The molecular formula is C7H10ClN3O2. The maximum absolute atomic E-state index is 11.0. The number of aliphatic hydroxyl groups is 1. The Labute approximate surface area is 80.0 Å². The third-order valence-corrected chi connectivity index (χ3v) is 1.92. The van der Waals surface area contributed by atoms with Crippen molar-refractivity contribution in [3.63, 3.8) is 0 Å². The highest BCUT2D eigenvalue weighted by atomic mass is 35.5. The molecule has 0 saturated carbocycles. The first-order valence-electron chi connectivity index (χ1n) is 3.72. The van der Waals surface area contributed by atoms with Crippen molar-refractivity contribution < 1.29 is 5.11 Å². The zero-order chi connectivity index (χ0) is 9.84. The molecule has 1 heterocycles. The Morgan fingerprint density at radius 3 is 3.08 bits per heavy atom. The van der Waals surface area contributed by atoms with Gasteiger partial charge in [-0.3, -0.25) is 4.79 Å². The minimum absolute atomic E-state index is 0.0126. The van der Waals surface area contributed by atoms with Crippen molar-refractivity contribution in [3.8, 4) is 0 Å². The number of hydrogen-bond donors (Lipinski definition) is 2. The lowest BCUT2D eigenvalue weighted by atomic mass is 10.5. The van der Waals surface area contributed by atoms with Crippen LogP contribution in [-0.2, 0) is 0 Å². The summed E-state index contributed by atoms with van der Waals surface area (Å²) in [6, 6.07) is 0.